The van der Waals surface area contributed by atoms with Crippen LogP contribution in [0.5, 0.6) is 5.75 Å². The highest BCUT2D eigenvalue weighted by Crippen LogP contribution is 2.45. The zero-order valence-electron chi connectivity index (χ0n) is 15.2. The number of nitrogens with one attached hydrogen (secondary N) is 1. The molecule has 2 saturated carbocycles. The average molecular weight is 363 g/mol. The molecule has 6 nitrogen and oxygen atoms in total. The number of ether oxygens (including phenoxy) is 1. The van der Waals surface area contributed by atoms with Gasteiger partial charge in [0.2, 0.25) is 0 Å². The van der Waals surface area contributed by atoms with Crippen LogP contribution in [0.1, 0.15) is 66.2 Å². The highest BCUT2D eigenvalue weighted by Gasteiger charge is 2.34. The standard InChI is InChI=1S/C21H21N3O3/c1-2-26-15-9-7-14(8-10-15)22-20(25)16-11-17(12-3-4-12)23-21-18(16)19(24-27-21)13-5-6-13/h7-13H,2-6H2,1H3,(H,22,25). The molecule has 0 spiro atoms. The van der Waals surface area contributed by atoms with Crippen molar-refractivity contribution < 1.29 is 14.1 Å². The number of nitrogens with zero attached hydrogens (tertiary/aromatic N) is 2. The summed E-state index contributed by atoms with van der Waals surface area (Å²) in [5, 5.41) is 7.99. The highest BCUT2D eigenvalue weighted by molar-refractivity contribution is 6.12. The lowest BCUT2D eigenvalue weighted by Gasteiger charge is -2.09. The molecule has 2 fully saturated rings. The van der Waals surface area contributed by atoms with Crippen LogP contribution >= 0.6 is 0 Å². The summed E-state index contributed by atoms with van der Waals surface area (Å²) in [6.07, 6.45) is 4.40. The number of anilines is 1. The number of carbonyl (C=O) groups is 1. The van der Waals surface area contributed by atoms with Gasteiger partial charge in [0.05, 0.1) is 23.3 Å². The van der Waals surface area contributed by atoms with Gasteiger partial charge >= 0.3 is 0 Å². The summed E-state index contributed by atoms with van der Waals surface area (Å²) in [6, 6.07) is 9.32. The average Bonchev–Trinajstić information content (AvgIpc) is 3.60. The number of pyridine rings is 1. The van der Waals surface area contributed by atoms with Crippen LogP contribution in [-0.4, -0.2) is 22.7 Å². The molecule has 3 aromatic rings. The van der Waals surface area contributed by atoms with Crippen molar-refractivity contribution in [3.05, 3.63) is 47.3 Å². The van der Waals surface area contributed by atoms with E-state index in [9.17, 15) is 4.79 Å². The zero-order valence-corrected chi connectivity index (χ0v) is 15.2. The van der Waals surface area contributed by atoms with Gasteiger partial charge in [-0.05, 0) is 62.9 Å². The zero-order chi connectivity index (χ0) is 18.4. The number of hydrogen-bond acceptors (Lipinski definition) is 5. The summed E-state index contributed by atoms with van der Waals surface area (Å²) in [4.78, 5) is 17.7. The molecule has 0 saturated heterocycles. The van der Waals surface area contributed by atoms with Gasteiger partial charge < -0.3 is 14.6 Å². The molecule has 2 heterocycles. The van der Waals surface area contributed by atoms with Gasteiger partial charge in [-0.25, -0.2) is 4.98 Å². The van der Waals surface area contributed by atoms with Crippen LogP contribution in [0.4, 0.5) is 5.69 Å². The third-order valence-corrected chi connectivity index (χ3v) is 5.12. The summed E-state index contributed by atoms with van der Waals surface area (Å²) in [6.45, 7) is 2.56. The first-order valence-electron chi connectivity index (χ1n) is 9.57. The van der Waals surface area contributed by atoms with Crippen molar-refractivity contribution in [3.8, 4) is 5.75 Å². The van der Waals surface area contributed by atoms with Crippen LogP contribution in [0.25, 0.3) is 11.1 Å². The number of rotatable bonds is 6. The van der Waals surface area contributed by atoms with Gasteiger partial charge in [0.15, 0.2) is 0 Å². The summed E-state index contributed by atoms with van der Waals surface area (Å²) >= 11 is 0. The molecule has 6 heteroatoms. The Morgan fingerprint density at radius 1 is 1.19 bits per heavy atom. The fraction of sp³-hybridized carbons (Fsp3) is 0.381. The van der Waals surface area contributed by atoms with Gasteiger partial charge in [0, 0.05) is 23.2 Å². The number of benzene rings is 1. The summed E-state index contributed by atoms with van der Waals surface area (Å²) in [7, 11) is 0. The fourth-order valence-corrected chi connectivity index (χ4v) is 3.39. The largest absolute Gasteiger partial charge is 0.494 e. The van der Waals surface area contributed by atoms with Gasteiger partial charge in [-0.1, -0.05) is 5.16 Å². The minimum absolute atomic E-state index is 0.154. The molecule has 2 aliphatic rings. The van der Waals surface area contributed by atoms with E-state index in [1.165, 1.54) is 0 Å². The third-order valence-electron chi connectivity index (χ3n) is 5.12. The molecule has 2 aliphatic carbocycles. The van der Waals surface area contributed by atoms with E-state index in [1.54, 1.807) is 0 Å². The summed E-state index contributed by atoms with van der Waals surface area (Å²) in [5.74, 6) is 1.45. The van der Waals surface area contributed by atoms with Crippen molar-refractivity contribution in [1.82, 2.24) is 10.1 Å². The first kappa shape index (κ1) is 16.3. The minimum atomic E-state index is -0.154. The van der Waals surface area contributed by atoms with Crippen LogP contribution in [-0.2, 0) is 0 Å². The minimum Gasteiger partial charge on any atom is -0.494 e. The Bertz CT molecular complexity index is 1000. The van der Waals surface area contributed by atoms with Gasteiger partial charge in [0.25, 0.3) is 11.6 Å². The molecule has 1 aromatic carbocycles. The third kappa shape index (κ3) is 3.16. The second kappa shape index (κ2) is 6.37. The van der Waals surface area contributed by atoms with E-state index in [4.69, 9.17) is 9.26 Å². The highest BCUT2D eigenvalue weighted by atomic mass is 16.5. The van der Waals surface area contributed by atoms with Crippen LogP contribution in [0.15, 0.2) is 34.9 Å². The normalized spacial score (nSPS) is 16.5. The van der Waals surface area contributed by atoms with Crippen molar-refractivity contribution in [2.45, 2.75) is 44.4 Å². The maximum atomic E-state index is 13.1. The summed E-state index contributed by atoms with van der Waals surface area (Å²) < 4.78 is 10.9. The molecule has 0 radical (unpaired) electrons. The van der Waals surface area contributed by atoms with Crippen molar-refractivity contribution >= 4 is 22.7 Å². The molecular weight excluding hydrogens is 342 g/mol. The molecule has 27 heavy (non-hydrogen) atoms. The van der Waals surface area contributed by atoms with Gasteiger partial charge in [-0.15, -0.1) is 0 Å². The molecule has 2 aromatic heterocycles. The van der Waals surface area contributed by atoms with Crippen LogP contribution in [0.2, 0.25) is 0 Å². The Kier molecular flexibility index (Phi) is 3.85. The van der Waals surface area contributed by atoms with E-state index in [-0.39, 0.29) is 5.91 Å². The number of carbonyl (C=O) groups excluding carboxylic acids is 1. The molecule has 0 aliphatic heterocycles. The van der Waals surface area contributed by atoms with Crippen molar-refractivity contribution in [2.75, 3.05) is 11.9 Å². The topological polar surface area (TPSA) is 77.2 Å². The van der Waals surface area contributed by atoms with Crippen molar-refractivity contribution in [1.29, 1.82) is 0 Å². The quantitative estimate of drug-likeness (QED) is 0.691. The predicted molar refractivity (Wildman–Crippen MR) is 101 cm³/mol. The van der Waals surface area contributed by atoms with Crippen molar-refractivity contribution in [2.24, 2.45) is 0 Å². The number of amides is 1. The molecule has 138 valence electrons. The molecule has 1 amide bonds. The molecule has 5 rings (SSSR count). The summed E-state index contributed by atoms with van der Waals surface area (Å²) in [5.41, 5.74) is 3.62. The van der Waals surface area contributed by atoms with E-state index < -0.39 is 0 Å². The molecular formula is C21H21N3O3. The maximum Gasteiger partial charge on any atom is 0.259 e. The Hall–Kier alpha value is -2.89. The van der Waals surface area contributed by atoms with E-state index in [0.29, 0.717) is 29.7 Å². The lowest BCUT2D eigenvalue weighted by atomic mass is 10.0. The first-order chi connectivity index (χ1) is 13.2. The van der Waals surface area contributed by atoms with Crippen LogP contribution < -0.4 is 10.1 Å². The van der Waals surface area contributed by atoms with Gasteiger partial charge in [0.1, 0.15) is 5.75 Å². The predicted octanol–water partition coefficient (Wildman–Crippen LogP) is 4.63. The monoisotopic (exact) mass is 363 g/mol. The lowest BCUT2D eigenvalue weighted by Crippen LogP contribution is -2.13. The Morgan fingerprint density at radius 2 is 1.93 bits per heavy atom. The number of hydrogen-bond donors (Lipinski definition) is 1. The Morgan fingerprint density at radius 3 is 2.59 bits per heavy atom. The second-order valence-corrected chi connectivity index (χ2v) is 7.30. The SMILES string of the molecule is CCOc1ccc(NC(=O)c2cc(C3CC3)nc3onc(C4CC4)c23)cc1. The molecule has 0 bridgehead atoms. The van der Waals surface area contributed by atoms with E-state index in [0.717, 1.165) is 53.9 Å². The molecule has 0 atom stereocenters. The maximum absolute atomic E-state index is 13.1. The number of fused-ring (bicyclic) bond motifs is 1. The fourth-order valence-electron chi connectivity index (χ4n) is 3.39. The van der Waals surface area contributed by atoms with Crippen LogP contribution in [0, 0.1) is 0 Å². The van der Waals surface area contributed by atoms with Crippen LogP contribution in [0.3, 0.4) is 0 Å². The van der Waals surface area contributed by atoms with E-state index in [2.05, 4.69) is 15.5 Å². The lowest BCUT2D eigenvalue weighted by molar-refractivity contribution is 0.102. The molecule has 1 N–H and O–H groups in total. The smallest absolute Gasteiger partial charge is 0.259 e. The van der Waals surface area contributed by atoms with Gasteiger partial charge in [-0.2, -0.15) is 0 Å². The Labute approximate surface area is 156 Å². The second-order valence-electron chi connectivity index (χ2n) is 7.30. The van der Waals surface area contributed by atoms with Gasteiger partial charge in [-0.3, -0.25) is 4.79 Å². The number of aromatic nitrogens is 2. The Balaban J connectivity index is 1.50. The molecule has 0 unspecified atom stereocenters. The van der Waals surface area contributed by atoms with Crippen molar-refractivity contribution in [3.63, 3.8) is 0 Å². The first-order valence-corrected chi connectivity index (χ1v) is 9.57. The van der Waals surface area contributed by atoms with E-state index >= 15 is 0 Å². The van der Waals surface area contributed by atoms with E-state index in [1.807, 2.05) is 37.3 Å².